The molecule has 0 spiro atoms. The summed E-state index contributed by atoms with van der Waals surface area (Å²) in [5.74, 6) is -0.296. The Morgan fingerprint density at radius 3 is 1.90 bits per heavy atom. The molecule has 11 heteroatoms. The fourth-order valence-corrected chi connectivity index (χ4v) is 2.96. The zero-order valence-electron chi connectivity index (χ0n) is 11.1. The molecule has 0 saturated carbocycles. The molecule has 0 heterocycles. The Kier molecular flexibility index (Phi) is 8.73. The molecule has 0 aliphatic heterocycles. The Labute approximate surface area is 206 Å². The van der Waals surface area contributed by atoms with E-state index >= 15 is 0 Å². The molecule has 0 amide bonds. The van der Waals surface area contributed by atoms with Crippen molar-refractivity contribution in [1.82, 2.24) is 0 Å². The van der Waals surface area contributed by atoms with Gasteiger partial charge in [-0.05, 0) is 29.7 Å². The number of fused-ring (bicyclic) bond motifs is 1. The molecule has 0 atom stereocenters. The van der Waals surface area contributed by atoms with Gasteiger partial charge in [-0.25, -0.2) is 16.8 Å². The maximum Gasteiger partial charge on any atom is 1.00 e. The van der Waals surface area contributed by atoms with Crippen LogP contribution in [0.3, 0.4) is 0 Å². The average Bonchev–Trinajstić information content (AvgIpc) is 2.24. The van der Waals surface area contributed by atoms with Gasteiger partial charge < -0.3 is 14.2 Å². The van der Waals surface area contributed by atoms with Crippen molar-refractivity contribution in [3.8, 4) is 5.75 Å². The van der Waals surface area contributed by atoms with E-state index in [0.717, 1.165) is 12.1 Å². The van der Waals surface area contributed by atoms with Crippen LogP contribution in [-0.4, -0.2) is 31.0 Å². The molecule has 21 heavy (non-hydrogen) atoms. The van der Waals surface area contributed by atoms with E-state index in [1.165, 1.54) is 12.1 Å². The monoisotopic (exact) mass is 380 g/mol. The van der Waals surface area contributed by atoms with Gasteiger partial charge in [0.15, 0.2) is 0 Å². The summed E-state index contributed by atoms with van der Waals surface area (Å²) in [5, 5.41) is 9.17. The van der Waals surface area contributed by atoms with Crippen LogP contribution in [0.4, 0.5) is 0 Å². The van der Waals surface area contributed by atoms with E-state index in [1.54, 1.807) is 0 Å². The average molecular weight is 380 g/mol. The molecule has 1 N–H and O–H groups in total. The standard InChI is InChI=1S/C10H8O7S2.2K/c11-7-2-1-6-3-8(18(12,13)14)5-10(9(6)4-7)19(15,16)17;;/h1-5,11H,(H,12,13,14)(H,15,16,17);;/q;2*+1/p-2. The number of hydrogen-bond acceptors (Lipinski definition) is 7. The summed E-state index contributed by atoms with van der Waals surface area (Å²) in [5.41, 5.74) is 0. The van der Waals surface area contributed by atoms with Gasteiger partial charge in [-0.3, -0.25) is 0 Å². The molecule has 102 valence electrons. The van der Waals surface area contributed by atoms with E-state index in [1.807, 2.05) is 0 Å². The van der Waals surface area contributed by atoms with Gasteiger partial charge in [0.05, 0.1) is 9.79 Å². The molecule has 2 rings (SSSR count). The molecule has 0 aromatic heterocycles. The van der Waals surface area contributed by atoms with E-state index in [9.17, 15) is 31.0 Å². The fourth-order valence-electron chi connectivity index (χ4n) is 1.64. The van der Waals surface area contributed by atoms with Crippen LogP contribution in [0.5, 0.6) is 5.75 Å². The van der Waals surface area contributed by atoms with E-state index in [-0.39, 0.29) is 119 Å². The molecule has 0 bridgehead atoms. The molecule has 7 nitrogen and oxygen atoms in total. The zero-order valence-corrected chi connectivity index (χ0v) is 19.0. The van der Waals surface area contributed by atoms with Crippen LogP contribution in [0.1, 0.15) is 0 Å². The maximum atomic E-state index is 11.1. The summed E-state index contributed by atoms with van der Waals surface area (Å²) in [6, 6.07) is 4.80. The number of phenols is 1. The van der Waals surface area contributed by atoms with E-state index in [2.05, 4.69) is 0 Å². The zero-order chi connectivity index (χ0) is 14.4. The van der Waals surface area contributed by atoms with Crippen LogP contribution < -0.4 is 103 Å². The van der Waals surface area contributed by atoms with Crippen LogP contribution in [0.15, 0.2) is 40.1 Å². The Morgan fingerprint density at radius 2 is 1.43 bits per heavy atom. The quantitative estimate of drug-likeness (QED) is 0.405. The van der Waals surface area contributed by atoms with Crippen LogP contribution in [0.25, 0.3) is 10.8 Å². The number of hydrogen-bond donors (Lipinski definition) is 1. The first kappa shape index (κ1) is 22.6. The predicted octanol–water partition coefficient (Wildman–Crippen LogP) is -5.64. The minimum Gasteiger partial charge on any atom is -0.744 e. The second kappa shape index (κ2) is 8.11. The topological polar surface area (TPSA) is 135 Å². The SMILES string of the molecule is O=S(=O)([O-])c1cc(S(=O)(=O)[O-])c2cc(O)ccc2c1.[K+].[K+]. The molecular formula is C10H6K2O7S2. The predicted molar refractivity (Wildman–Crippen MR) is 61.5 cm³/mol. The summed E-state index contributed by atoms with van der Waals surface area (Å²) in [6.45, 7) is 0. The Bertz CT molecular complexity index is 876. The molecule has 0 unspecified atom stereocenters. The van der Waals surface area contributed by atoms with E-state index < -0.39 is 30.0 Å². The Morgan fingerprint density at radius 1 is 0.857 bits per heavy atom. The van der Waals surface area contributed by atoms with Gasteiger partial charge in [0.2, 0.25) is 0 Å². The van der Waals surface area contributed by atoms with Crippen molar-refractivity contribution in [3.63, 3.8) is 0 Å². The second-order valence-corrected chi connectivity index (χ2v) is 6.46. The summed E-state index contributed by atoms with van der Waals surface area (Å²) in [4.78, 5) is -1.68. The molecule has 0 aliphatic carbocycles. The van der Waals surface area contributed by atoms with E-state index in [0.29, 0.717) is 6.07 Å². The van der Waals surface area contributed by atoms with Crippen molar-refractivity contribution in [1.29, 1.82) is 0 Å². The summed E-state index contributed by atoms with van der Waals surface area (Å²) in [6.07, 6.45) is 0. The number of aromatic hydroxyl groups is 1. The first-order chi connectivity index (χ1) is 8.59. The molecule has 0 saturated heterocycles. The Balaban J connectivity index is 0.00000200. The fraction of sp³-hybridized carbons (Fsp3) is 0. The summed E-state index contributed by atoms with van der Waals surface area (Å²) in [7, 11) is -9.90. The number of benzene rings is 2. The van der Waals surface area contributed by atoms with Crippen molar-refractivity contribution in [2.24, 2.45) is 0 Å². The van der Waals surface area contributed by atoms with Crippen LogP contribution >= 0.6 is 0 Å². The smallest absolute Gasteiger partial charge is 0.744 e. The van der Waals surface area contributed by atoms with Gasteiger partial charge in [-0.1, -0.05) is 6.07 Å². The van der Waals surface area contributed by atoms with Crippen LogP contribution in [0, 0.1) is 0 Å². The minimum atomic E-state index is -4.99. The molecule has 0 fully saturated rings. The van der Waals surface area contributed by atoms with Gasteiger partial charge in [0, 0.05) is 5.39 Å². The first-order valence-electron chi connectivity index (χ1n) is 4.77. The minimum absolute atomic E-state index is 0. The third-order valence-corrected chi connectivity index (χ3v) is 4.12. The van der Waals surface area contributed by atoms with Crippen molar-refractivity contribution >= 4 is 31.0 Å². The molecular weight excluding hydrogens is 374 g/mol. The molecule has 0 aliphatic rings. The van der Waals surface area contributed by atoms with E-state index in [4.69, 9.17) is 0 Å². The van der Waals surface area contributed by atoms with Crippen molar-refractivity contribution in [3.05, 3.63) is 30.3 Å². The normalized spacial score (nSPS) is 11.5. The largest absolute Gasteiger partial charge is 1.00 e. The Hall–Kier alpha value is 1.59. The van der Waals surface area contributed by atoms with Crippen LogP contribution in [-0.2, 0) is 20.2 Å². The van der Waals surface area contributed by atoms with Gasteiger partial charge in [-0.15, -0.1) is 0 Å². The summed E-state index contributed by atoms with van der Waals surface area (Å²) >= 11 is 0. The van der Waals surface area contributed by atoms with Crippen LogP contribution in [0.2, 0.25) is 0 Å². The molecule has 2 aromatic rings. The van der Waals surface area contributed by atoms with Crippen molar-refractivity contribution in [2.75, 3.05) is 0 Å². The van der Waals surface area contributed by atoms with Crippen molar-refractivity contribution in [2.45, 2.75) is 9.79 Å². The number of rotatable bonds is 2. The third-order valence-electron chi connectivity index (χ3n) is 2.43. The molecule has 2 aromatic carbocycles. The van der Waals surface area contributed by atoms with Gasteiger partial charge >= 0.3 is 103 Å². The first-order valence-corrected chi connectivity index (χ1v) is 7.59. The van der Waals surface area contributed by atoms with Gasteiger partial charge in [0.25, 0.3) is 0 Å². The maximum absolute atomic E-state index is 11.1. The molecule has 0 radical (unpaired) electrons. The van der Waals surface area contributed by atoms with Gasteiger partial charge in [0.1, 0.15) is 26.0 Å². The second-order valence-electron chi connectivity index (χ2n) is 3.74. The van der Waals surface area contributed by atoms with Gasteiger partial charge in [-0.2, -0.15) is 0 Å². The summed E-state index contributed by atoms with van der Waals surface area (Å²) < 4.78 is 66.1. The van der Waals surface area contributed by atoms with Crippen molar-refractivity contribution < 1.29 is 134 Å². The number of phenolic OH excluding ortho intramolecular Hbond substituents is 1. The third kappa shape index (κ3) is 5.57.